The lowest BCUT2D eigenvalue weighted by atomic mass is 10.2. The monoisotopic (exact) mass is 330 g/mol. The lowest BCUT2D eigenvalue weighted by Gasteiger charge is -2.35. The van der Waals surface area contributed by atoms with Crippen LogP contribution in [0.4, 0.5) is 4.79 Å². The van der Waals surface area contributed by atoms with E-state index in [9.17, 15) is 9.59 Å². The van der Waals surface area contributed by atoms with Crippen molar-refractivity contribution in [3.63, 3.8) is 0 Å². The van der Waals surface area contributed by atoms with Crippen LogP contribution in [0.3, 0.4) is 0 Å². The van der Waals surface area contributed by atoms with Crippen LogP contribution < -0.4 is 0 Å². The van der Waals surface area contributed by atoms with Gasteiger partial charge < -0.3 is 18.9 Å². The minimum Gasteiger partial charge on any atom is -0.444 e. The Balaban J connectivity index is 1.62. The van der Waals surface area contributed by atoms with Crippen molar-refractivity contribution in [1.29, 1.82) is 0 Å². The average Bonchev–Trinajstić information content (AvgIpc) is 2.96. The summed E-state index contributed by atoms with van der Waals surface area (Å²) in [6.45, 7) is 7.41. The Morgan fingerprint density at radius 3 is 2.38 bits per heavy atom. The molecule has 1 aliphatic heterocycles. The van der Waals surface area contributed by atoms with Gasteiger partial charge >= 0.3 is 6.09 Å². The molecule has 7 nitrogen and oxygen atoms in total. The molecule has 0 saturated carbocycles. The minimum absolute atomic E-state index is 0.109. The highest BCUT2D eigenvalue weighted by Gasteiger charge is 2.28. The van der Waals surface area contributed by atoms with E-state index in [1.165, 1.54) is 0 Å². The second kappa shape index (κ2) is 6.14. The maximum atomic E-state index is 12.6. The summed E-state index contributed by atoms with van der Waals surface area (Å²) < 4.78 is 7.19. The van der Waals surface area contributed by atoms with E-state index in [-0.39, 0.29) is 12.0 Å². The molecule has 0 radical (unpaired) electrons. The molecular formula is C17H22N4O3. The number of piperazine rings is 1. The predicted molar refractivity (Wildman–Crippen MR) is 88.9 cm³/mol. The van der Waals surface area contributed by atoms with Crippen molar-refractivity contribution in [1.82, 2.24) is 19.2 Å². The summed E-state index contributed by atoms with van der Waals surface area (Å²) in [4.78, 5) is 32.4. The van der Waals surface area contributed by atoms with Crippen molar-refractivity contribution in [2.75, 3.05) is 26.2 Å². The van der Waals surface area contributed by atoms with Gasteiger partial charge in [0, 0.05) is 38.6 Å². The molecule has 0 aliphatic carbocycles. The lowest BCUT2D eigenvalue weighted by molar-refractivity contribution is 0.0140. The third-order valence-corrected chi connectivity index (χ3v) is 3.80. The molecule has 2 aromatic rings. The Hall–Kier alpha value is -2.57. The second-order valence-corrected chi connectivity index (χ2v) is 6.85. The first kappa shape index (κ1) is 16.3. The Labute approximate surface area is 140 Å². The third kappa shape index (κ3) is 3.50. The van der Waals surface area contributed by atoms with Gasteiger partial charge in [0.25, 0.3) is 5.91 Å². The van der Waals surface area contributed by atoms with Crippen LogP contribution in [0.5, 0.6) is 0 Å². The fraction of sp³-hybridized carbons (Fsp3) is 0.471. The lowest BCUT2D eigenvalue weighted by Crippen LogP contribution is -2.51. The van der Waals surface area contributed by atoms with Gasteiger partial charge in [-0.2, -0.15) is 0 Å². The quantitative estimate of drug-likeness (QED) is 0.802. The standard InChI is InChI=1S/C17H22N4O3/c1-17(2,3)24-16(23)20-10-8-19(9-11-20)15(22)13-12-21-7-5-4-6-14(21)18-13/h4-7,12H,8-11H2,1-3H3. The number of ether oxygens (including phenoxy) is 1. The van der Waals surface area contributed by atoms with E-state index in [2.05, 4.69) is 4.98 Å². The fourth-order valence-corrected chi connectivity index (χ4v) is 2.62. The van der Waals surface area contributed by atoms with Crippen LogP contribution in [-0.2, 0) is 4.74 Å². The van der Waals surface area contributed by atoms with Gasteiger partial charge in [-0.25, -0.2) is 9.78 Å². The van der Waals surface area contributed by atoms with E-state index >= 15 is 0 Å². The number of hydrogen-bond acceptors (Lipinski definition) is 4. The van der Waals surface area contributed by atoms with E-state index in [0.29, 0.717) is 31.9 Å². The van der Waals surface area contributed by atoms with Crippen LogP contribution in [0.25, 0.3) is 5.65 Å². The van der Waals surface area contributed by atoms with Crippen molar-refractivity contribution in [3.8, 4) is 0 Å². The fourth-order valence-electron chi connectivity index (χ4n) is 2.62. The Morgan fingerprint density at radius 1 is 1.08 bits per heavy atom. The SMILES string of the molecule is CC(C)(C)OC(=O)N1CCN(C(=O)c2cn3ccccc3n2)CC1. The van der Waals surface area contributed by atoms with Crippen LogP contribution in [0.15, 0.2) is 30.6 Å². The number of pyridine rings is 1. The average molecular weight is 330 g/mol. The van der Waals surface area contributed by atoms with Crippen molar-refractivity contribution in [3.05, 3.63) is 36.3 Å². The van der Waals surface area contributed by atoms with Crippen LogP contribution in [0.2, 0.25) is 0 Å². The summed E-state index contributed by atoms with van der Waals surface area (Å²) >= 11 is 0. The summed E-state index contributed by atoms with van der Waals surface area (Å²) in [5, 5.41) is 0. The number of rotatable bonds is 1. The molecule has 3 heterocycles. The number of carbonyl (C=O) groups is 2. The number of imidazole rings is 1. The highest BCUT2D eigenvalue weighted by atomic mass is 16.6. The molecule has 0 bridgehead atoms. The second-order valence-electron chi connectivity index (χ2n) is 6.85. The summed E-state index contributed by atoms with van der Waals surface area (Å²) in [5.74, 6) is -0.109. The van der Waals surface area contributed by atoms with E-state index in [4.69, 9.17) is 4.74 Å². The highest BCUT2D eigenvalue weighted by Crippen LogP contribution is 2.14. The van der Waals surface area contributed by atoms with Gasteiger partial charge in [0.15, 0.2) is 0 Å². The van der Waals surface area contributed by atoms with E-state index in [1.54, 1.807) is 16.0 Å². The zero-order chi connectivity index (χ0) is 17.3. The molecule has 2 amide bonds. The van der Waals surface area contributed by atoms with E-state index in [0.717, 1.165) is 5.65 Å². The predicted octanol–water partition coefficient (Wildman–Crippen LogP) is 2.03. The normalized spacial score (nSPS) is 15.6. The van der Waals surface area contributed by atoms with Gasteiger partial charge in [0.1, 0.15) is 16.9 Å². The number of amides is 2. The number of hydrogen-bond donors (Lipinski definition) is 0. The molecule has 0 atom stereocenters. The van der Waals surface area contributed by atoms with Gasteiger partial charge in [0.2, 0.25) is 0 Å². The summed E-state index contributed by atoms with van der Waals surface area (Å²) in [6, 6.07) is 5.63. The minimum atomic E-state index is -0.513. The molecule has 0 spiro atoms. The molecule has 1 aliphatic rings. The number of fused-ring (bicyclic) bond motifs is 1. The van der Waals surface area contributed by atoms with Crippen molar-refractivity contribution in [2.24, 2.45) is 0 Å². The number of carbonyl (C=O) groups excluding carboxylic acids is 2. The molecule has 7 heteroatoms. The maximum absolute atomic E-state index is 12.6. The van der Waals surface area contributed by atoms with Gasteiger partial charge in [0.05, 0.1) is 0 Å². The van der Waals surface area contributed by atoms with Gasteiger partial charge in [-0.15, -0.1) is 0 Å². The maximum Gasteiger partial charge on any atom is 0.410 e. The van der Waals surface area contributed by atoms with Gasteiger partial charge in [-0.3, -0.25) is 4.79 Å². The van der Waals surface area contributed by atoms with Crippen molar-refractivity contribution < 1.29 is 14.3 Å². The molecule has 0 aromatic carbocycles. The zero-order valence-corrected chi connectivity index (χ0v) is 14.2. The largest absolute Gasteiger partial charge is 0.444 e. The van der Waals surface area contributed by atoms with Crippen LogP contribution in [0, 0.1) is 0 Å². The molecule has 3 rings (SSSR count). The topological polar surface area (TPSA) is 67.2 Å². The van der Waals surface area contributed by atoms with E-state index < -0.39 is 5.60 Å². The van der Waals surface area contributed by atoms with Gasteiger partial charge in [-0.1, -0.05) is 6.07 Å². The Bertz CT molecular complexity index is 722. The molecule has 1 fully saturated rings. The van der Waals surface area contributed by atoms with Crippen LogP contribution in [0.1, 0.15) is 31.3 Å². The first-order chi connectivity index (χ1) is 11.3. The molecule has 0 N–H and O–H groups in total. The smallest absolute Gasteiger partial charge is 0.410 e. The summed E-state index contributed by atoms with van der Waals surface area (Å²) in [7, 11) is 0. The first-order valence-corrected chi connectivity index (χ1v) is 8.04. The highest BCUT2D eigenvalue weighted by molar-refractivity contribution is 5.93. The van der Waals surface area contributed by atoms with E-state index in [1.807, 2.05) is 49.6 Å². The Morgan fingerprint density at radius 2 is 1.75 bits per heavy atom. The number of aromatic nitrogens is 2. The Kier molecular flexibility index (Phi) is 4.17. The van der Waals surface area contributed by atoms with Crippen LogP contribution >= 0.6 is 0 Å². The third-order valence-electron chi connectivity index (χ3n) is 3.80. The zero-order valence-electron chi connectivity index (χ0n) is 14.2. The molecule has 0 unspecified atom stereocenters. The molecule has 2 aromatic heterocycles. The number of nitrogens with zero attached hydrogens (tertiary/aromatic N) is 4. The van der Waals surface area contributed by atoms with Crippen molar-refractivity contribution >= 4 is 17.6 Å². The molecule has 1 saturated heterocycles. The molecule has 128 valence electrons. The molecule has 24 heavy (non-hydrogen) atoms. The van der Waals surface area contributed by atoms with Crippen molar-refractivity contribution in [2.45, 2.75) is 26.4 Å². The summed E-state index contributed by atoms with van der Waals surface area (Å²) in [5.41, 5.74) is 0.653. The summed E-state index contributed by atoms with van der Waals surface area (Å²) in [6.07, 6.45) is 3.26. The first-order valence-electron chi connectivity index (χ1n) is 8.04. The molecular weight excluding hydrogens is 308 g/mol. The van der Waals surface area contributed by atoms with Gasteiger partial charge in [-0.05, 0) is 32.9 Å². The van der Waals surface area contributed by atoms with Crippen LogP contribution in [-0.4, -0.2) is 63.0 Å².